The molecule has 0 radical (unpaired) electrons. The van der Waals surface area contributed by atoms with Crippen molar-refractivity contribution in [3.8, 4) is 0 Å². The second kappa shape index (κ2) is 7.29. The molecule has 0 bridgehead atoms. The number of alkyl halides is 15. The molecule has 0 fully saturated rings. The molecule has 0 N–H and O–H groups in total. The van der Waals surface area contributed by atoms with Crippen molar-refractivity contribution in [2.24, 2.45) is 0 Å². The summed E-state index contributed by atoms with van der Waals surface area (Å²) in [5.74, 6) is -17.6. The highest BCUT2D eigenvalue weighted by Gasteiger charge is 2.83. The summed E-state index contributed by atoms with van der Waals surface area (Å²) in [5.41, 5.74) is 0. The molecule has 0 saturated carbocycles. The van der Waals surface area contributed by atoms with Gasteiger partial charge in [0.2, 0.25) is 0 Å². The van der Waals surface area contributed by atoms with Crippen LogP contribution >= 0.6 is 15.9 Å². The fourth-order valence-electron chi connectivity index (χ4n) is 1.11. The van der Waals surface area contributed by atoms with Gasteiger partial charge in [-0.1, -0.05) is 0 Å². The van der Waals surface area contributed by atoms with Gasteiger partial charge >= 0.3 is 47.1 Å². The minimum atomic E-state index is -7.54. The molecule has 28 heavy (non-hydrogen) atoms. The predicted molar refractivity (Wildman–Crippen MR) is 57.7 cm³/mol. The van der Waals surface area contributed by atoms with E-state index in [1.54, 1.807) is 4.74 Å². The number of methoxy groups -OCH3 is 1. The summed E-state index contributed by atoms with van der Waals surface area (Å²) >= 11 is 0.658. The van der Waals surface area contributed by atoms with E-state index in [1.165, 1.54) is 0 Å². The van der Waals surface area contributed by atoms with Crippen LogP contribution < -0.4 is 0 Å². The van der Waals surface area contributed by atoms with Gasteiger partial charge in [-0.2, -0.15) is 61.5 Å². The Bertz CT molecular complexity index is 583. The van der Waals surface area contributed by atoms with Crippen molar-refractivity contribution < 1.29 is 80.5 Å². The lowest BCUT2D eigenvalue weighted by Gasteiger charge is -2.39. The van der Waals surface area contributed by atoms with Crippen LogP contribution in [0.25, 0.3) is 0 Å². The minimum absolute atomic E-state index is 0.119. The summed E-state index contributed by atoms with van der Waals surface area (Å²) in [6.45, 7) is 0. The number of halogens is 15. The molecule has 0 rings (SSSR count). The summed E-state index contributed by atoms with van der Waals surface area (Å²) in [6.07, 6.45) is -28.9. The third-order valence-electron chi connectivity index (χ3n) is 2.42. The van der Waals surface area contributed by atoms with Crippen LogP contribution in [0.3, 0.4) is 0 Å². The molecule has 0 amide bonds. The fourth-order valence-corrected chi connectivity index (χ4v) is 1.19. The van der Waals surface area contributed by atoms with E-state index in [2.05, 4.69) is 4.74 Å². The lowest BCUT2D eigenvalue weighted by Crippen LogP contribution is -2.66. The van der Waals surface area contributed by atoms with Crippen molar-refractivity contribution in [3.05, 3.63) is 0 Å². The number of esters is 1. The molecule has 0 aromatic carbocycles. The maximum atomic E-state index is 13.6. The first-order valence-corrected chi connectivity index (χ1v) is 6.51. The average molecular weight is 521 g/mol. The predicted octanol–water partition coefficient (Wildman–Crippen LogP) is 4.82. The van der Waals surface area contributed by atoms with E-state index in [0.29, 0.717) is 15.9 Å². The topological polar surface area (TPSA) is 44.8 Å². The Morgan fingerprint density at radius 1 is 0.679 bits per heavy atom. The molecular formula is C9H3BrF14O4. The van der Waals surface area contributed by atoms with Crippen molar-refractivity contribution in [2.45, 2.75) is 41.1 Å². The van der Waals surface area contributed by atoms with E-state index < -0.39 is 47.1 Å². The second-order valence-corrected chi connectivity index (χ2v) is 5.41. The molecule has 0 aromatic rings. The van der Waals surface area contributed by atoms with E-state index >= 15 is 0 Å². The Balaban J connectivity index is 6.49. The number of hydrogen-bond donors (Lipinski definition) is 0. The molecule has 0 aliphatic rings. The Labute approximate surface area is 151 Å². The van der Waals surface area contributed by atoms with Crippen LogP contribution in [-0.4, -0.2) is 54.2 Å². The summed E-state index contributed by atoms with van der Waals surface area (Å²) in [5, 5.41) is 0. The van der Waals surface area contributed by atoms with Crippen LogP contribution in [0.4, 0.5) is 61.5 Å². The van der Waals surface area contributed by atoms with Crippen LogP contribution in [0.5, 0.6) is 0 Å². The first-order valence-electron chi connectivity index (χ1n) is 5.72. The average Bonchev–Trinajstić information content (AvgIpc) is 2.41. The van der Waals surface area contributed by atoms with Crippen LogP contribution in [0.1, 0.15) is 0 Å². The van der Waals surface area contributed by atoms with Gasteiger partial charge in [-0.3, -0.25) is 9.47 Å². The van der Waals surface area contributed by atoms with Gasteiger partial charge in [-0.05, 0) is 0 Å². The van der Waals surface area contributed by atoms with E-state index in [1.807, 2.05) is 4.74 Å². The second-order valence-electron chi connectivity index (χ2n) is 4.41. The zero-order valence-corrected chi connectivity index (χ0v) is 13.9. The summed E-state index contributed by atoms with van der Waals surface area (Å²) in [4.78, 5) is 4.70. The first kappa shape index (κ1) is 26.9. The SMILES string of the molecule is COC(=O)C(F)(OC(F)(F)C(F)(OC(F)(F)C(F)(F)Br)C(F)(F)F)C(F)(F)F. The van der Waals surface area contributed by atoms with Gasteiger partial charge in [-0.15, -0.1) is 0 Å². The summed E-state index contributed by atoms with van der Waals surface area (Å²) in [7, 11) is -0.119. The monoisotopic (exact) mass is 520 g/mol. The summed E-state index contributed by atoms with van der Waals surface area (Å²) in [6, 6.07) is 0. The maximum absolute atomic E-state index is 13.6. The molecule has 0 saturated heterocycles. The zero-order chi connectivity index (χ0) is 23.2. The van der Waals surface area contributed by atoms with Gasteiger partial charge < -0.3 is 4.74 Å². The Morgan fingerprint density at radius 3 is 1.32 bits per heavy atom. The molecule has 0 aliphatic heterocycles. The largest absolute Gasteiger partial charge is 0.465 e. The van der Waals surface area contributed by atoms with Gasteiger partial charge in [-0.25, -0.2) is 4.79 Å². The Hall–Kier alpha value is -1.11. The highest BCUT2D eigenvalue weighted by Crippen LogP contribution is 2.55. The Morgan fingerprint density at radius 2 is 1.07 bits per heavy atom. The molecule has 19 heteroatoms. The summed E-state index contributed by atoms with van der Waals surface area (Å²) < 4.78 is 186. The quantitative estimate of drug-likeness (QED) is 0.274. The zero-order valence-electron chi connectivity index (χ0n) is 12.3. The third-order valence-corrected chi connectivity index (χ3v) is 2.88. The van der Waals surface area contributed by atoms with Gasteiger partial charge in [0.15, 0.2) is 0 Å². The van der Waals surface area contributed by atoms with Gasteiger partial charge in [0.1, 0.15) is 0 Å². The maximum Gasteiger partial charge on any atom is 0.460 e. The van der Waals surface area contributed by atoms with Gasteiger partial charge in [0.05, 0.1) is 7.11 Å². The molecule has 0 aliphatic carbocycles. The van der Waals surface area contributed by atoms with Crippen molar-refractivity contribution in [1.29, 1.82) is 0 Å². The number of rotatable bonds is 7. The minimum Gasteiger partial charge on any atom is -0.465 e. The van der Waals surface area contributed by atoms with E-state index in [0.717, 1.165) is 0 Å². The van der Waals surface area contributed by atoms with E-state index in [-0.39, 0.29) is 7.11 Å². The smallest absolute Gasteiger partial charge is 0.460 e. The number of ether oxygens (including phenoxy) is 3. The highest BCUT2D eigenvalue weighted by molar-refractivity contribution is 9.10. The highest BCUT2D eigenvalue weighted by atomic mass is 79.9. The number of carbonyl (C=O) groups is 1. The lowest BCUT2D eigenvalue weighted by molar-refractivity contribution is -0.533. The fraction of sp³-hybridized carbons (Fsp3) is 0.889. The van der Waals surface area contributed by atoms with Crippen LogP contribution in [0.15, 0.2) is 0 Å². The molecule has 0 spiro atoms. The molecular weight excluding hydrogens is 518 g/mol. The van der Waals surface area contributed by atoms with Crippen molar-refractivity contribution >= 4 is 21.9 Å². The standard InChI is InChI=1S/C9H3BrF14O4/c1-26-2(25)3(11,6(15,16)17)27-8(21,22)4(12,7(18,19)20)28-9(23,24)5(10,13)14/h1H3. The molecule has 2 unspecified atom stereocenters. The molecule has 168 valence electrons. The van der Waals surface area contributed by atoms with Crippen molar-refractivity contribution in [3.63, 3.8) is 0 Å². The third kappa shape index (κ3) is 4.71. The Kier molecular flexibility index (Phi) is 7.01. The molecule has 0 aromatic heterocycles. The van der Waals surface area contributed by atoms with Crippen LogP contribution in [-0.2, 0) is 19.0 Å². The van der Waals surface area contributed by atoms with Crippen molar-refractivity contribution in [1.82, 2.24) is 0 Å². The molecule has 2 atom stereocenters. The van der Waals surface area contributed by atoms with E-state index in [9.17, 15) is 66.3 Å². The van der Waals surface area contributed by atoms with E-state index in [4.69, 9.17) is 0 Å². The normalized spacial score (nSPS) is 19.0. The van der Waals surface area contributed by atoms with Gasteiger partial charge in [0.25, 0.3) is 0 Å². The molecule has 4 nitrogen and oxygen atoms in total. The van der Waals surface area contributed by atoms with Crippen LogP contribution in [0, 0.1) is 0 Å². The van der Waals surface area contributed by atoms with Gasteiger partial charge in [0, 0.05) is 15.9 Å². The van der Waals surface area contributed by atoms with Crippen LogP contribution in [0.2, 0.25) is 0 Å². The first-order chi connectivity index (χ1) is 11.9. The number of hydrogen-bond acceptors (Lipinski definition) is 4. The van der Waals surface area contributed by atoms with Crippen molar-refractivity contribution in [2.75, 3.05) is 7.11 Å². The lowest BCUT2D eigenvalue weighted by atomic mass is 10.2. The number of carbonyl (C=O) groups excluding carboxylic acids is 1. The molecule has 0 heterocycles.